The smallest absolute Gasteiger partial charge is 0.453 e. The van der Waals surface area contributed by atoms with Crippen molar-refractivity contribution < 1.29 is 22.3 Å². The number of benzene rings is 2. The monoisotopic (exact) mass is 496 g/mol. The van der Waals surface area contributed by atoms with Crippen LogP contribution in [0, 0.1) is 6.92 Å². The van der Waals surface area contributed by atoms with Crippen LogP contribution < -0.4 is 4.74 Å². The van der Waals surface area contributed by atoms with Gasteiger partial charge >= 0.3 is 6.36 Å². The zero-order valence-electron chi connectivity index (χ0n) is 15.3. The molecule has 4 aromatic rings. The van der Waals surface area contributed by atoms with Gasteiger partial charge in [0.25, 0.3) is 0 Å². The lowest BCUT2D eigenvalue weighted by atomic mass is 10.1. The molecule has 0 fully saturated rings. The van der Waals surface area contributed by atoms with Crippen LogP contribution in [0.5, 0.6) is 5.75 Å². The number of rotatable bonds is 4. The number of nitrogens with zero attached hydrogens (tertiary/aromatic N) is 1. The van der Waals surface area contributed by atoms with Gasteiger partial charge in [0.2, 0.25) is 0 Å². The lowest BCUT2D eigenvalue weighted by Crippen LogP contribution is -2.17. The second-order valence-electron chi connectivity index (χ2n) is 6.42. The Labute approximate surface area is 182 Å². The van der Waals surface area contributed by atoms with Gasteiger partial charge in [-0.1, -0.05) is 39.7 Å². The van der Waals surface area contributed by atoms with Crippen molar-refractivity contribution in [1.29, 1.82) is 0 Å². The molecule has 0 spiro atoms. The number of imidazole rings is 1. The third-order valence-corrected chi connectivity index (χ3v) is 5.12. The van der Waals surface area contributed by atoms with Crippen molar-refractivity contribution in [3.05, 3.63) is 69.8 Å². The Morgan fingerprint density at radius 1 is 1.00 bits per heavy atom. The molecule has 0 atom stereocenters. The predicted molar refractivity (Wildman–Crippen MR) is 111 cm³/mol. The average molecular weight is 498 g/mol. The van der Waals surface area contributed by atoms with Crippen molar-refractivity contribution in [2.45, 2.75) is 13.3 Å². The number of aryl methyl sites for hydroxylation is 1. The van der Waals surface area contributed by atoms with Gasteiger partial charge in [-0.3, -0.25) is 0 Å². The van der Waals surface area contributed by atoms with Gasteiger partial charge in [0, 0.05) is 21.3 Å². The third-order valence-electron chi connectivity index (χ3n) is 4.28. The number of ether oxygens (including phenoxy) is 1. The Balaban J connectivity index is 1.65. The molecule has 0 bridgehead atoms. The van der Waals surface area contributed by atoms with Gasteiger partial charge in [-0.25, -0.2) is 4.98 Å². The minimum Gasteiger partial charge on any atom is -0.453 e. The zero-order chi connectivity index (χ0) is 21.5. The van der Waals surface area contributed by atoms with Gasteiger partial charge in [-0.15, -0.1) is 13.2 Å². The summed E-state index contributed by atoms with van der Waals surface area (Å²) in [5.74, 6) is 0.820. The van der Waals surface area contributed by atoms with Crippen molar-refractivity contribution in [2.24, 2.45) is 0 Å². The van der Waals surface area contributed by atoms with Crippen molar-refractivity contribution in [3.8, 4) is 39.9 Å². The van der Waals surface area contributed by atoms with Gasteiger partial charge < -0.3 is 14.1 Å². The van der Waals surface area contributed by atoms with Crippen LogP contribution in [0.15, 0.2) is 63.5 Å². The number of nitrogens with one attached hydrogen (secondary N) is 1. The summed E-state index contributed by atoms with van der Waals surface area (Å²) in [6.45, 7) is 1.90. The van der Waals surface area contributed by atoms with Gasteiger partial charge in [-0.2, -0.15) is 0 Å². The Morgan fingerprint density at radius 2 is 1.67 bits per heavy atom. The highest BCUT2D eigenvalue weighted by atomic mass is 79.9. The van der Waals surface area contributed by atoms with Crippen molar-refractivity contribution in [1.82, 2.24) is 9.97 Å². The normalized spacial score (nSPS) is 11.7. The lowest BCUT2D eigenvalue weighted by molar-refractivity contribution is -0.274. The fourth-order valence-corrected chi connectivity index (χ4v) is 3.37. The first-order valence-electron chi connectivity index (χ1n) is 8.68. The highest BCUT2D eigenvalue weighted by molar-refractivity contribution is 9.10. The van der Waals surface area contributed by atoms with E-state index in [-0.39, 0.29) is 5.02 Å². The van der Waals surface area contributed by atoms with E-state index in [9.17, 15) is 13.2 Å². The molecule has 2 heterocycles. The largest absolute Gasteiger partial charge is 0.573 e. The second kappa shape index (κ2) is 7.85. The molecule has 0 aliphatic rings. The fourth-order valence-electron chi connectivity index (χ4n) is 2.95. The van der Waals surface area contributed by atoms with E-state index in [0.717, 1.165) is 21.4 Å². The number of furan rings is 1. The topological polar surface area (TPSA) is 51.0 Å². The first-order chi connectivity index (χ1) is 14.2. The van der Waals surface area contributed by atoms with Gasteiger partial charge in [0.1, 0.15) is 11.5 Å². The van der Waals surface area contributed by atoms with Crippen molar-refractivity contribution >= 4 is 27.5 Å². The molecule has 0 saturated heterocycles. The highest BCUT2D eigenvalue weighted by Gasteiger charge is 2.32. The standard InChI is InChI=1S/C21H13BrClF3N2O2/c1-11-19(12-2-5-14(22)6-3-12)28-20(27-11)17-9-8-16(29-17)13-4-7-15(23)18(10-13)30-21(24,25)26/h2-10H,1H3,(H,27,28). The van der Waals surface area contributed by atoms with Gasteiger partial charge in [0.05, 0.1) is 10.7 Å². The van der Waals surface area contributed by atoms with E-state index in [0.29, 0.717) is 22.9 Å². The number of halogens is 5. The molecule has 2 aromatic carbocycles. The van der Waals surface area contributed by atoms with Crippen LogP contribution in [0.4, 0.5) is 13.2 Å². The van der Waals surface area contributed by atoms with Crippen molar-refractivity contribution in [2.75, 3.05) is 0 Å². The van der Waals surface area contributed by atoms with Crippen LogP contribution in [0.1, 0.15) is 5.69 Å². The number of aromatic nitrogens is 2. The third kappa shape index (κ3) is 4.39. The predicted octanol–water partition coefficient (Wildman–Crippen LogP) is 7.63. The maximum absolute atomic E-state index is 12.6. The summed E-state index contributed by atoms with van der Waals surface area (Å²) in [6, 6.07) is 15.1. The van der Waals surface area contributed by atoms with Gasteiger partial charge in [0.15, 0.2) is 11.6 Å². The number of H-pyrrole nitrogens is 1. The summed E-state index contributed by atoms with van der Waals surface area (Å²) in [5, 5.41) is -0.149. The SMILES string of the molecule is Cc1[nH]c(-c2ccc(-c3ccc(Cl)c(OC(F)(F)F)c3)o2)nc1-c1ccc(Br)cc1. The van der Waals surface area contributed by atoms with Crippen LogP contribution in [0.3, 0.4) is 0 Å². The summed E-state index contributed by atoms with van der Waals surface area (Å²) >= 11 is 9.21. The Hall–Kier alpha value is -2.71. The van der Waals surface area contributed by atoms with Gasteiger partial charge in [-0.05, 0) is 49.4 Å². The highest BCUT2D eigenvalue weighted by Crippen LogP contribution is 2.36. The number of hydrogen-bond acceptors (Lipinski definition) is 3. The van der Waals surface area contributed by atoms with E-state index in [1.54, 1.807) is 18.2 Å². The summed E-state index contributed by atoms with van der Waals surface area (Å²) < 4.78 is 48.4. The molecule has 1 N–H and O–H groups in total. The number of hydrogen-bond donors (Lipinski definition) is 1. The molecule has 4 nitrogen and oxygen atoms in total. The molecular weight excluding hydrogens is 485 g/mol. The maximum atomic E-state index is 12.6. The minimum atomic E-state index is -4.84. The van der Waals surface area contributed by atoms with Crippen LogP contribution in [0.2, 0.25) is 5.02 Å². The minimum absolute atomic E-state index is 0.149. The van der Waals surface area contributed by atoms with Crippen LogP contribution in [0.25, 0.3) is 34.2 Å². The summed E-state index contributed by atoms with van der Waals surface area (Å²) in [5.41, 5.74) is 2.97. The van der Waals surface area contributed by atoms with E-state index in [2.05, 4.69) is 30.6 Å². The molecule has 0 aliphatic carbocycles. The summed E-state index contributed by atoms with van der Waals surface area (Å²) in [7, 11) is 0. The Morgan fingerprint density at radius 3 is 2.37 bits per heavy atom. The lowest BCUT2D eigenvalue weighted by Gasteiger charge is -2.11. The van der Waals surface area contributed by atoms with E-state index in [1.165, 1.54) is 12.1 Å². The number of alkyl halides is 3. The molecule has 0 radical (unpaired) electrons. The van der Waals surface area contributed by atoms with Crippen molar-refractivity contribution in [3.63, 3.8) is 0 Å². The second-order valence-corrected chi connectivity index (χ2v) is 7.75. The molecule has 9 heteroatoms. The molecule has 4 rings (SSSR count). The fraction of sp³-hybridized carbons (Fsp3) is 0.0952. The maximum Gasteiger partial charge on any atom is 0.573 e. The Kier molecular flexibility index (Phi) is 5.38. The molecule has 30 heavy (non-hydrogen) atoms. The van der Waals surface area contributed by atoms with Crippen LogP contribution >= 0.6 is 27.5 Å². The molecule has 2 aromatic heterocycles. The molecule has 154 valence electrons. The summed E-state index contributed by atoms with van der Waals surface area (Å²) in [6.07, 6.45) is -4.84. The van der Waals surface area contributed by atoms with E-state index < -0.39 is 12.1 Å². The van der Waals surface area contributed by atoms with E-state index in [4.69, 9.17) is 16.0 Å². The molecular formula is C21H13BrClF3N2O2. The number of aromatic amines is 1. The van der Waals surface area contributed by atoms with E-state index >= 15 is 0 Å². The first-order valence-corrected chi connectivity index (χ1v) is 9.85. The van der Waals surface area contributed by atoms with E-state index in [1.807, 2.05) is 31.2 Å². The van der Waals surface area contributed by atoms with Crippen LogP contribution in [-0.2, 0) is 0 Å². The summed E-state index contributed by atoms with van der Waals surface area (Å²) in [4.78, 5) is 7.79. The molecule has 0 saturated carbocycles. The molecule has 0 aliphatic heterocycles. The Bertz CT molecular complexity index is 1200. The first kappa shape index (κ1) is 20.6. The van der Waals surface area contributed by atoms with Crippen LogP contribution in [-0.4, -0.2) is 16.3 Å². The molecule has 0 amide bonds. The zero-order valence-corrected chi connectivity index (χ0v) is 17.7. The quantitative estimate of drug-likeness (QED) is 0.315. The average Bonchev–Trinajstić information content (AvgIpc) is 3.30. The molecule has 0 unspecified atom stereocenters.